The molecule has 0 spiro atoms. The first-order valence-corrected chi connectivity index (χ1v) is 9.46. The van der Waals surface area contributed by atoms with E-state index in [1.807, 2.05) is 0 Å². The number of likely N-dealkylation sites (tertiary alicyclic amines) is 1. The van der Waals surface area contributed by atoms with Gasteiger partial charge >= 0.3 is 5.76 Å². The quantitative estimate of drug-likeness (QED) is 0.774. The third kappa shape index (κ3) is 5.02. The first-order chi connectivity index (χ1) is 11.6. The average molecular weight is 415 g/mol. The van der Waals surface area contributed by atoms with E-state index in [-0.39, 0.29) is 18.9 Å². The molecule has 0 aromatic heterocycles. The van der Waals surface area contributed by atoms with E-state index in [1.165, 1.54) is 15.7 Å². The minimum Gasteiger partial charge on any atom is -0.335 e. The van der Waals surface area contributed by atoms with E-state index in [9.17, 15) is 26.8 Å². The van der Waals surface area contributed by atoms with Crippen LogP contribution in [0.5, 0.6) is 0 Å². The molecule has 6 nitrogen and oxygen atoms in total. The Morgan fingerprint density at radius 3 is 2.64 bits per heavy atom. The minimum atomic E-state index is -5.01. The lowest BCUT2D eigenvalue weighted by Crippen LogP contribution is -2.40. The van der Waals surface area contributed by atoms with Crippen molar-refractivity contribution in [2.45, 2.75) is 37.6 Å². The summed E-state index contributed by atoms with van der Waals surface area (Å²) in [6, 6.07) is 4.14. The van der Waals surface area contributed by atoms with E-state index in [1.54, 1.807) is 12.1 Å². The second-order valence-electron chi connectivity index (χ2n) is 5.48. The van der Waals surface area contributed by atoms with Crippen LogP contribution in [0.4, 0.5) is 8.78 Å². The molecule has 25 heavy (non-hydrogen) atoms. The van der Waals surface area contributed by atoms with Crippen molar-refractivity contribution in [3.63, 3.8) is 0 Å². The predicted molar refractivity (Wildman–Crippen MR) is 87.7 cm³/mol. The molecule has 1 aromatic carbocycles. The highest BCUT2D eigenvalue weighted by molar-refractivity contribution is 7.90. The molecule has 1 atom stereocenters. The maximum absolute atomic E-state index is 12.3. The Hall–Kier alpha value is -1.45. The molecule has 0 radical (unpaired) electrons. The van der Waals surface area contributed by atoms with Gasteiger partial charge in [0.1, 0.15) is 0 Å². The van der Waals surface area contributed by atoms with E-state index in [0.717, 1.165) is 0 Å². The van der Waals surface area contributed by atoms with Gasteiger partial charge in [0.15, 0.2) is 0 Å². The van der Waals surface area contributed by atoms with Crippen LogP contribution in [0.1, 0.15) is 24.8 Å². The summed E-state index contributed by atoms with van der Waals surface area (Å²) < 4.78 is 48.0. The van der Waals surface area contributed by atoms with E-state index in [4.69, 9.17) is 23.2 Å². The summed E-state index contributed by atoms with van der Waals surface area (Å²) >= 11 is 11.9. The lowest BCUT2D eigenvalue weighted by molar-refractivity contribution is -0.130. The van der Waals surface area contributed by atoms with Crippen LogP contribution in [0.25, 0.3) is 0 Å². The molecule has 2 rings (SSSR count). The largest absolute Gasteiger partial charge is 0.355 e. The molecule has 0 bridgehead atoms. The Morgan fingerprint density at radius 2 is 2.04 bits per heavy atom. The number of carbonyl (C=O) groups is 2. The number of nitrogens with zero attached hydrogens (tertiary/aromatic N) is 1. The fraction of sp³-hybridized carbons (Fsp3) is 0.429. The lowest BCUT2D eigenvalue weighted by atomic mass is 10.1. The van der Waals surface area contributed by atoms with Crippen molar-refractivity contribution in [3.05, 3.63) is 33.8 Å². The highest BCUT2D eigenvalue weighted by Crippen LogP contribution is 2.28. The van der Waals surface area contributed by atoms with Crippen LogP contribution in [0.3, 0.4) is 0 Å². The van der Waals surface area contributed by atoms with Crippen LogP contribution in [0, 0.1) is 0 Å². The molecular formula is C14H14Cl2F2N2O4S. The molecule has 0 aliphatic carbocycles. The Labute approximate surface area is 153 Å². The first-order valence-electron chi connectivity index (χ1n) is 7.16. The lowest BCUT2D eigenvalue weighted by Gasteiger charge is -2.25. The molecule has 0 saturated carbocycles. The van der Waals surface area contributed by atoms with Crippen molar-refractivity contribution in [3.8, 4) is 0 Å². The Balaban J connectivity index is 2.07. The summed E-state index contributed by atoms with van der Waals surface area (Å²) in [5.41, 5.74) is 0.604. The van der Waals surface area contributed by atoms with Gasteiger partial charge in [0.2, 0.25) is 11.8 Å². The van der Waals surface area contributed by atoms with Crippen molar-refractivity contribution in [1.29, 1.82) is 0 Å². The fourth-order valence-electron chi connectivity index (χ4n) is 2.52. The number of amides is 2. The summed E-state index contributed by atoms with van der Waals surface area (Å²) in [7, 11) is -5.01. The molecule has 1 saturated heterocycles. The number of rotatable bonds is 6. The molecule has 1 fully saturated rings. The normalized spacial score (nSPS) is 18.0. The number of carbonyl (C=O) groups excluding carboxylic acids is 2. The van der Waals surface area contributed by atoms with Crippen LogP contribution < -0.4 is 4.72 Å². The number of sulfonamides is 1. The Kier molecular flexibility index (Phi) is 6.23. The molecule has 2 amide bonds. The number of hydrogen-bond donors (Lipinski definition) is 1. The number of benzene rings is 1. The monoisotopic (exact) mass is 414 g/mol. The smallest absolute Gasteiger partial charge is 0.335 e. The molecule has 1 aromatic rings. The van der Waals surface area contributed by atoms with Crippen molar-refractivity contribution in [1.82, 2.24) is 9.62 Å². The average Bonchev–Trinajstić information content (AvgIpc) is 2.82. The summed E-state index contributed by atoms with van der Waals surface area (Å²) in [5.74, 6) is -5.03. The Morgan fingerprint density at radius 1 is 1.36 bits per heavy atom. The zero-order valence-electron chi connectivity index (χ0n) is 12.7. The van der Waals surface area contributed by atoms with Crippen LogP contribution in [-0.4, -0.2) is 36.9 Å². The number of halogens is 4. The predicted octanol–water partition coefficient (Wildman–Crippen LogP) is 2.54. The third-order valence-electron chi connectivity index (χ3n) is 3.72. The van der Waals surface area contributed by atoms with E-state index < -0.39 is 34.2 Å². The van der Waals surface area contributed by atoms with E-state index in [2.05, 4.69) is 0 Å². The van der Waals surface area contributed by atoms with Crippen LogP contribution in [0.15, 0.2) is 18.2 Å². The molecule has 1 N–H and O–H groups in total. The van der Waals surface area contributed by atoms with Gasteiger partial charge < -0.3 is 4.90 Å². The minimum absolute atomic E-state index is 0.106. The van der Waals surface area contributed by atoms with Gasteiger partial charge in [-0.25, -0.2) is 13.1 Å². The maximum atomic E-state index is 12.3. The second kappa shape index (κ2) is 7.84. The van der Waals surface area contributed by atoms with E-state index >= 15 is 0 Å². The van der Waals surface area contributed by atoms with Crippen LogP contribution in [0.2, 0.25) is 10.0 Å². The zero-order chi connectivity index (χ0) is 18.8. The summed E-state index contributed by atoms with van der Waals surface area (Å²) in [6.45, 7) is 0.106. The van der Waals surface area contributed by atoms with Gasteiger partial charge in [-0.1, -0.05) is 29.3 Å². The maximum Gasteiger partial charge on any atom is 0.355 e. The van der Waals surface area contributed by atoms with Crippen LogP contribution in [-0.2, 0) is 26.2 Å². The molecule has 1 unspecified atom stereocenters. The summed E-state index contributed by atoms with van der Waals surface area (Å²) in [6.07, 6.45) is 0.0832. The zero-order valence-corrected chi connectivity index (χ0v) is 15.0. The number of alkyl halides is 2. The Bertz CT molecular complexity index is 789. The molecule has 1 aliphatic heterocycles. The molecule has 138 valence electrons. The van der Waals surface area contributed by atoms with Gasteiger partial charge in [-0.15, -0.1) is 0 Å². The van der Waals surface area contributed by atoms with E-state index in [0.29, 0.717) is 22.0 Å². The highest BCUT2D eigenvalue weighted by Gasteiger charge is 2.34. The summed E-state index contributed by atoms with van der Waals surface area (Å²) in [4.78, 5) is 25.1. The standard InChI is InChI=1S/C14H14Cl2F2N2O4S/c15-9-2-1-8(11(16)5-9)7-20-10(3-4-13(20)22)6-12(21)19-25(23,24)14(17)18/h1-2,5,10,14H,3-4,6-7H2,(H,19,21). The molecule has 1 heterocycles. The SMILES string of the molecule is O=C(CC1CCC(=O)N1Cc1ccc(Cl)cc1Cl)NS(=O)(=O)C(F)F. The second-order valence-corrected chi connectivity index (χ2v) is 7.98. The first kappa shape index (κ1) is 19.9. The van der Waals surface area contributed by atoms with Crippen LogP contribution >= 0.6 is 23.2 Å². The molecular weight excluding hydrogens is 401 g/mol. The van der Waals surface area contributed by atoms with Gasteiger partial charge in [0, 0.05) is 35.5 Å². The van der Waals surface area contributed by atoms with Crippen molar-refractivity contribution in [2.24, 2.45) is 0 Å². The van der Waals surface area contributed by atoms with Gasteiger partial charge in [-0.2, -0.15) is 8.78 Å². The fourth-order valence-corrected chi connectivity index (χ4v) is 3.47. The van der Waals surface area contributed by atoms with Crippen molar-refractivity contribution in [2.75, 3.05) is 0 Å². The topological polar surface area (TPSA) is 83.6 Å². The number of nitrogens with one attached hydrogen (secondary N) is 1. The van der Waals surface area contributed by atoms with Crippen molar-refractivity contribution < 1.29 is 26.8 Å². The van der Waals surface area contributed by atoms with Gasteiger partial charge in [0.25, 0.3) is 10.0 Å². The molecule has 11 heteroatoms. The van der Waals surface area contributed by atoms with Gasteiger partial charge in [-0.05, 0) is 24.1 Å². The van der Waals surface area contributed by atoms with Gasteiger partial charge in [0.05, 0.1) is 0 Å². The highest BCUT2D eigenvalue weighted by atomic mass is 35.5. The molecule has 1 aliphatic rings. The number of hydrogen-bond acceptors (Lipinski definition) is 4. The van der Waals surface area contributed by atoms with Gasteiger partial charge in [-0.3, -0.25) is 9.59 Å². The third-order valence-corrected chi connectivity index (χ3v) is 5.29. The summed E-state index contributed by atoms with van der Waals surface area (Å²) in [5, 5.41) is 0.769. The van der Waals surface area contributed by atoms with Crippen molar-refractivity contribution >= 4 is 45.0 Å².